The number of nitrogens with one attached hydrogen (secondary N) is 1. The molecule has 5 heterocycles. The molecule has 2 saturated heterocycles. The summed E-state index contributed by atoms with van der Waals surface area (Å²) in [5, 5.41) is 27.8. The highest BCUT2D eigenvalue weighted by Gasteiger charge is 2.24. The SMILES string of the molecule is CC(C)(C)C(=O)CCCOCCOCCOCCn1cc(-c2ccc(N)cc2)nn1.CC(C)(C)C(=O)CCCOCCOCCOCCn1cc(CN2CCS(=O)(=O)CC2)nn1.CC(C)(C)C(=O)NCc1ccc(-n2cc(COC3CCCCO3)nn2)cc1. The molecule has 25 nitrogen and oxygen atoms in total. The van der Waals surface area contributed by atoms with E-state index < -0.39 is 9.84 Å². The summed E-state index contributed by atoms with van der Waals surface area (Å²) in [6.07, 6.45) is 11.3. The van der Waals surface area contributed by atoms with Crippen molar-refractivity contribution in [3.05, 3.63) is 84.1 Å². The molecule has 496 valence electrons. The van der Waals surface area contributed by atoms with Crippen molar-refractivity contribution in [2.24, 2.45) is 16.2 Å². The van der Waals surface area contributed by atoms with Gasteiger partial charge in [-0.05, 0) is 61.9 Å². The molecule has 26 heteroatoms. The summed E-state index contributed by atoms with van der Waals surface area (Å²) in [7, 11) is -2.87. The Labute approximate surface area is 526 Å². The molecule has 0 saturated carbocycles. The highest BCUT2D eigenvalue weighted by atomic mass is 32.2. The van der Waals surface area contributed by atoms with Crippen molar-refractivity contribution in [1.82, 2.24) is 55.2 Å². The third-order valence-corrected chi connectivity index (χ3v) is 15.7. The standard InChI is InChI=1S/C22H34N4O4.C21H38N4O6S.C20H28N4O3/c1-22(2,3)21(27)5-4-11-28-13-15-30-16-14-29-12-10-26-17-20(24-25-26)18-6-8-19(23)9-7-18;1-21(2,3)20(26)5-4-9-29-11-13-31-14-12-30-10-6-25-18-19(22-23-25)17-24-7-15-32(27,28)16-8-24;1-20(2,3)19(25)21-12-15-7-9-17(10-8-15)24-13-16(22-23-24)14-27-18-6-4-5-11-26-18/h6-9,17H,4-5,10-16,23H2,1-3H3;18H,4-17H2,1-3H3;7-10,13,18H,4-6,11-12,14H2,1-3H3,(H,21,25). The van der Waals surface area contributed by atoms with Crippen LogP contribution in [0.1, 0.15) is 124 Å². The molecule has 2 aliphatic rings. The normalized spacial score (nSPS) is 15.4. The predicted molar refractivity (Wildman–Crippen MR) is 337 cm³/mol. The van der Waals surface area contributed by atoms with Gasteiger partial charge in [-0.15, -0.1) is 15.3 Å². The molecule has 89 heavy (non-hydrogen) atoms. The van der Waals surface area contributed by atoms with Gasteiger partial charge in [0.25, 0.3) is 0 Å². The molecule has 0 bridgehead atoms. The van der Waals surface area contributed by atoms with E-state index in [1.807, 2.05) is 129 Å². The number of anilines is 1. The lowest BCUT2D eigenvalue weighted by molar-refractivity contribution is -0.169. The molecule has 5 aromatic rings. The first-order valence-electron chi connectivity index (χ1n) is 31.1. The summed E-state index contributed by atoms with van der Waals surface area (Å²) >= 11 is 0. The summed E-state index contributed by atoms with van der Waals surface area (Å²) in [5.41, 5.74) is 10.8. The average molecular weight is 1270 g/mol. The monoisotopic (exact) mass is 1260 g/mol. The molecule has 3 aromatic heterocycles. The molecule has 7 rings (SSSR count). The van der Waals surface area contributed by atoms with Crippen LogP contribution in [-0.4, -0.2) is 193 Å². The van der Waals surface area contributed by atoms with Crippen molar-refractivity contribution < 1.29 is 60.7 Å². The topological polar surface area (TPSA) is 293 Å². The minimum absolute atomic E-state index is 0.0365. The Hall–Kier alpha value is -5.94. The molecule has 0 spiro atoms. The number of nitrogen functional groups attached to an aromatic ring is 1. The Balaban J connectivity index is 0.000000244. The van der Waals surface area contributed by atoms with Crippen LogP contribution in [0.15, 0.2) is 67.1 Å². The van der Waals surface area contributed by atoms with Crippen LogP contribution in [-0.2, 0) is 94.9 Å². The number of ketones is 2. The summed E-state index contributed by atoms with van der Waals surface area (Å²) < 4.78 is 72.5. The van der Waals surface area contributed by atoms with Gasteiger partial charge in [0.05, 0.1) is 121 Å². The molecule has 2 aliphatic heterocycles. The van der Waals surface area contributed by atoms with E-state index in [4.69, 9.17) is 43.6 Å². The van der Waals surface area contributed by atoms with Gasteiger partial charge >= 0.3 is 0 Å². The first-order valence-corrected chi connectivity index (χ1v) is 32.9. The Kier molecular flexibility index (Phi) is 32.1. The van der Waals surface area contributed by atoms with E-state index >= 15 is 0 Å². The molecule has 1 atom stereocenters. The van der Waals surface area contributed by atoms with E-state index in [-0.39, 0.29) is 51.5 Å². The third-order valence-electron chi connectivity index (χ3n) is 14.1. The van der Waals surface area contributed by atoms with Crippen LogP contribution in [0.4, 0.5) is 5.69 Å². The number of aromatic nitrogens is 9. The smallest absolute Gasteiger partial charge is 0.225 e. The summed E-state index contributed by atoms with van der Waals surface area (Å²) in [5.74, 6) is 0.987. The van der Waals surface area contributed by atoms with E-state index in [0.29, 0.717) is 138 Å². The van der Waals surface area contributed by atoms with Gasteiger partial charge in [-0.1, -0.05) is 102 Å². The van der Waals surface area contributed by atoms with Crippen LogP contribution in [0.25, 0.3) is 16.9 Å². The number of amides is 1. The van der Waals surface area contributed by atoms with Crippen LogP contribution in [0.3, 0.4) is 0 Å². The molecule has 0 radical (unpaired) electrons. The lowest BCUT2D eigenvalue weighted by Crippen LogP contribution is -2.39. The van der Waals surface area contributed by atoms with E-state index in [1.165, 1.54) is 0 Å². The number of benzene rings is 2. The zero-order chi connectivity index (χ0) is 64.6. The number of hydrogen-bond donors (Lipinski definition) is 2. The summed E-state index contributed by atoms with van der Waals surface area (Å²) in [6, 6.07) is 15.4. The maximum absolute atomic E-state index is 12.0. The highest BCUT2D eigenvalue weighted by Crippen LogP contribution is 2.21. The number of ether oxygens (including phenoxy) is 8. The Morgan fingerprint density at radius 1 is 0.607 bits per heavy atom. The number of nitrogens with zero attached hydrogens (tertiary/aromatic N) is 10. The van der Waals surface area contributed by atoms with Crippen LogP contribution >= 0.6 is 0 Å². The largest absolute Gasteiger partial charge is 0.399 e. The molecule has 0 aliphatic carbocycles. The first kappa shape index (κ1) is 73.8. The minimum Gasteiger partial charge on any atom is -0.399 e. The number of carbonyl (C=O) groups is 3. The quantitative estimate of drug-likeness (QED) is 0.0308. The summed E-state index contributed by atoms with van der Waals surface area (Å²) in [6.45, 7) is 28.2. The fourth-order valence-electron chi connectivity index (χ4n) is 8.40. The van der Waals surface area contributed by atoms with Gasteiger partial charge in [-0.3, -0.25) is 19.3 Å². The molecule has 1 amide bonds. The van der Waals surface area contributed by atoms with Crippen LogP contribution < -0.4 is 11.1 Å². The van der Waals surface area contributed by atoms with Crippen LogP contribution in [0.2, 0.25) is 0 Å². The van der Waals surface area contributed by atoms with Gasteiger partial charge in [0, 0.05) is 92.5 Å². The van der Waals surface area contributed by atoms with Gasteiger partial charge in [0.2, 0.25) is 5.91 Å². The maximum atomic E-state index is 12.0. The van der Waals surface area contributed by atoms with Crippen molar-refractivity contribution >= 4 is 33.0 Å². The first-order chi connectivity index (χ1) is 42.4. The third kappa shape index (κ3) is 30.6. The second-order valence-electron chi connectivity index (χ2n) is 25.0. The van der Waals surface area contributed by atoms with Crippen molar-refractivity contribution in [2.75, 3.05) is 116 Å². The lowest BCUT2D eigenvalue weighted by atomic mass is 9.88. The lowest BCUT2D eigenvalue weighted by Gasteiger charge is -2.25. The van der Waals surface area contributed by atoms with E-state index in [0.717, 1.165) is 78.3 Å². The fourth-order valence-corrected chi connectivity index (χ4v) is 9.67. The second-order valence-corrected chi connectivity index (χ2v) is 27.3. The molecule has 2 aromatic carbocycles. The van der Waals surface area contributed by atoms with Gasteiger partial charge in [0.1, 0.15) is 23.0 Å². The Morgan fingerprint density at radius 3 is 1.65 bits per heavy atom. The van der Waals surface area contributed by atoms with Crippen LogP contribution in [0.5, 0.6) is 0 Å². The molecular formula is C63H100N12O13S. The Bertz CT molecular complexity index is 2900. The number of hydrogen-bond acceptors (Lipinski definition) is 21. The number of carbonyl (C=O) groups excluding carboxylic acids is 3. The van der Waals surface area contributed by atoms with Crippen LogP contribution in [0, 0.1) is 16.2 Å². The number of rotatable bonds is 35. The van der Waals surface area contributed by atoms with Crippen molar-refractivity contribution in [3.8, 4) is 16.9 Å². The predicted octanol–water partition coefficient (Wildman–Crippen LogP) is 6.90. The minimum atomic E-state index is -2.87. The van der Waals surface area contributed by atoms with E-state index in [1.54, 1.807) is 14.0 Å². The van der Waals surface area contributed by atoms with Crippen molar-refractivity contribution in [2.45, 2.75) is 146 Å². The number of sulfone groups is 1. The van der Waals surface area contributed by atoms with E-state index in [9.17, 15) is 22.8 Å². The second kappa shape index (κ2) is 38.7. The average Bonchev–Trinajstić information content (AvgIpc) is 3.94. The maximum Gasteiger partial charge on any atom is 0.225 e. The Morgan fingerprint density at radius 2 is 1.12 bits per heavy atom. The zero-order valence-corrected chi connectivity index (χ0v) is 55.0. The van der Waals surface area contributed by atoms with Crippen molar-refractivity contribution in [1.29, 1.82) is 0 Å². The number of Topliss-reactive ketones (excluding diaryl/α,β-unsaturated/α-hetero) is 2. The molecular weight excluding hydrogens is 1160 g/mol. The highest BCUT2D eigenvalue weighted by molar-refractivity contribution is 7.91. The number of nitrogens with two attached hydrogens (primary N) is 1. The van der Waals surface area contributed by atoms with Gasteiger partial charge in [-0.2, -0.15) is 0 Å². The fraction of sp³-hybridized carbons (Fsp3) is 0.667. The van der Waals surface area contributed by atoms with Gasteiger partial charge in [-0.25, -0.2) is 22.5 Å². The summed E-state index contributed by atoms with van der Waals surface area (Å²) in [4.78, 5) is 37.6. The van der Waals surface area contributed by atoms with E-state index in [2.05, 4.69) is 41.2 Å². The van der Waals surface area contributed by atoms with Gasteiger partial charge in [0.15, 0.2) is 16.1 Å². The van der Waals surface area contributed by atoms with Crippen molar-refractivity contribution in [3.63, 3.8) is 0 Å². The molecule has 1 unspecified atom stereocenters. The zero-order valence-electron chi connectivity index (χ0n) is 54.2. The molecule has 3 N–H and O–H groups in total. The van der Waals surface area contributed by atoms with Gasteiger partial charge < -0.3 is 48.9 Å². The molecule has 2 fully saturated rings.